The van der Waals surface area contributed by atoms with Crippen molar-refractivity contribution in [2.75, 3.05) is 7.11 Å². The fraction of sp³-hybridized carbons (Fsp3) is 0.385. The maximum atomic E-state index is 12.9. The smallest absolute Gasteiger partial charge is 0.305 e. The van der Waals surface area contributed by atoms with Crippen molar-refractivity contribution in [1.82, 2.24) is 0 Å². The number of Topliss-reactive ketones (excluding diaryl/α,β-unsaturated/α-hetero) is 1. The molecule has 0 fully saturated rings. The molecule has 5 heteroatoms. The lowest BCUT2D eigenvalue weighted by molar-refractivity contribution is -0.141. The molecule has 1 aromatic rings. The Kier molecular flexibility index (Phi) is 4.95. The zero-order valence-corrected chi connectivity index (χ0v) is 10.2. The first-order valence-electron chi connectivity index (χ1n) is 5.48. The zero-order chi connectivity index (χ0) is 13.7. The van der Waals surface area contributed by atoms with Crippen molar-refractivity contribution < 1.29 is 23.1 Å². The van der Waals surface area contributed by atoms with Crippen LogP contribution in [-0.2, 0) is 9.53 Å². The van der Waals surface area contributed by atoms with Gasteiger partial charge in [0.2, 0.25) is 0 Å². The lowest BCUT2D eigenvalue weighted by Crippen LogP contribution is -2.12. The summed E-state index contributed by atoms with van der Waals surface area (Å²) in [5, 5.41) is 0. The molecule has 0 aliphatic rings. The summed E-state index contributed by atoms with van der Waals surface area (Å²) in [5.41, 5.74) is -0.0239. The Balaban J connectivity index is 2.67. The molecule has 1 rings (SSSR count). The second kappa shape index (κ2) is 6.23. The molecule has 0 saturated heterocycles. The highest BCUT2D eigenvalue weighted by molar-refractivity contribution is 5.96. The molecule has 1 atom stereocenters. The number of esters is 1. The number of halogens is 2. The van der Waals surface area contributed by atoms with E-state index in [1.54, 1.807) is 6.92 Å². The van der Waals surface area contributed by atoms with Gasteiger partial charge in [0.15, 0.2) is 5.78 Å². The van der Waals surface area contributed by atoms with E-state index >= 15 is 0 Å². The van der Waals surface area contributed by atoms with Gasteiger partial charge >= 0.3 is 5.97 Å². The topological polar surface area (TPSA) is 43.4 Å². The van der Waals surface area contributed by atoms with E-state index in [1.807, 2.05) is 0 Å². The first kappa shape index (κ1) is 14.3. The zero-order valence-electron chi connectivity index (χ0n) is 10.2. The van der Waals surface area contributed by atoms with Crippen molar-refractivity contribution in [3.63, 3.8) is 0 Å². The number of benzene rings is 1. The molecule has 0 unspecified atom stereocenters. The van der Waals surface area contributed by atoms with E-state index in [0.29, 0.717) is 6.07 Å². The highest BCUT2D eigenvalue weighted by Crippen LogP contribution is 2.15. The molecule has 0 bridgehead atoms. The average Bonchev–Trinajstić information content (AvgIpc) is 2.27. The van der Waals surface area contributed by atoms with Crippen molar-refractivity contribution >= 4 is 11.8 Å². The van der Waals surface area contributed by atoms with Gasteiger partial charge in [-0.3, -0.25) is 9.59 Å². The van der Waals surface area contributed by atoms with Gasteiger partial charge < -0.3 is 4.74 Å². The van der Waals surface area contributed by atoms with Crippen LogP contribution in [0.25, 0.3) is 0 Å². The summed E-state index contributed by atoms with van der Waals surface area (Å²) in [6.07, 6.45) is 0.137. The van der Waals surface area contributed by atoms with Crippen LogP contribution < -0.4 is 0 Å². The number of rotatable bonds is 5. The maximum Gasteiger partial charge on any atom is 0.305 e. The van der Waals surface area contributed by atoms with Crippen LogP contribution >= 0.6 is 0 Å². The van der Waals surface area contributed by atoms with Crippen molar-refractivity contribution in [3.05, 3.63) is 35.4 Å². The predicted octanol–water partition coefficient (Wildman–Crippen LogP) is 2.74. The van der Waals surface area contributed by atoms with Gasteiger partial charge in [0.05, 0.1) is 7.11 Å². The summed E-state index contributed by atoms with van der Waals surface area (Å²) in [6.45, 7) is 1.70. The van der Waals surface area contributed by atoms with Gasteiger partial charge in [-0.05, 0) is 18.1 Å². The van der Waals surface area contributed by atoms with Crippen LogP contribution in [0.5, 0.6) is 0 Å². The Labute approximate surface area is 104 Å². The van der Waals surface area contributed by atoms with Gasteiger partial charge in [0, 0.05) is 24.5 Å². The third-order valence-electron chi connectivity index (χ3n) is 2.46. The average molecular weight is 256 g/mol. The molecule has 0 amide bonds. The Morgan fingerprint density at radius 3 is 2.22 bits per heavy atom. The normalized spacial score (nSPS) is 12.0. The van der Waals surface area contributed by atoms with Crippen molar-refractivity contribution in [2.45, 2.75) is 19.8 Å². The number of ketones is 1. The Morgan fingerprint density at radius 2 is 1.72 bits per heavy atom. The Bertz CT molecular complexity index is 437. The van der Waals surface area contributed by atoms with E-state index in [0.717, 1.165) is 12.1 Å². The molecule has 0 radical (unpaired) electrons. The van der Waals surface area contributed by atoms with Crippen LogP contribution in [0.1, 0.15) is 30.1 Å². The highest BCUT2D eigenvalue weighted by atomic mass is 19.1. The molecular weight excluding hydrogens is 242 g/mol. The number of methoxy groups -OCH3 is 1. The van der Waals surface area contributed by atoms with Gasteiger partial charge in [0.25, 0.3) is 0 Å². The first-order valence-corrected chi connectivity index (χ1v) is 5.48. The third kappa shape index (κ3) is 4.24. The number of hydrogen-bond acceptors (Lipinski definition) is 3. The summed E-state index contributed by atoms with van der Waals surface area (Å²) >= 11 is 0. The molecule has 98 valence electrons. The first-order chi connectivity index (χ1) is 8.42. The largest absolute Gasteiger partial charge is 0.469 e. The fourth-order valence-electron chi connectivity index (χ4n) is 1.59. The quantitative estimate of drug-likeness (QED) is 0.601. The van der Waals surface area contributed by atoms with Gasteiger partial charge in [-0.15, -0.1) is 0 Å². The van der Waals surface area contributed by atoms with E-state index in [1.165, 1.54) is 7.11 Å². The Morgan fingerprint density at radius 1 is 1.17 bits per heavy atom. The van der Waals surface area contributed by atoms with Crippen LogP contribution in [0.4, 0.5) is 8.78 Å². The molecule has 0 aromatic heterocycles. The van der Waals surface area contributed by atoms with Gasteiger partial charge in [-0.1, -0.05) is 6.92 Å². The van der Waals surface area contributed by atoms with E-state index in [9.17, 15) is 18.4 Å². The summed E-state index contributed by atoms with van der Waals surface area (Å²) in [7, 11) is 1.26. The molecule has 0 heterocycles. The van der Waals surface area contributed by atoms with Gasteiger partial charge in [0.1, 0.15) is 11.6 Å². The molecule has 0 aliphatic carbocycles. The van der Waals surface area contributed by atoms with E-state index < -0.39 is 23.4 Å². The van der Waals surface area contributed by atoms with Crippen LogP contribution in [0.2, 0.25) is 0 Å². The van der Waals surface area contributed by atoms with Gasteiger partial charge in [-0.25, -0.2) is 8.78 Å². The van der Waals surface area contributed by atoms with Crippen LogP contribution in [0.15, 0.2) is 18.2 Å². The second-order valence-corrected chi connectivity index (χ2v) is 4.17. The minimum atomic E-state index is -0.793. The SMILES string of the molecule is COC(=O)C[C@H](C)CC(=O)c1cc(F)cc(F)c1. The Hall–Kier alpha value is -1.78. The van der Waals surface area contributed by atoms with Crippen LogP contribution in [-0.4, -0.2) is 18.9 Å². The van der Waals surface area contributed by atoms with Crippen LogP contribution in [0, 0.1) is 17.6 Å². The molecule has 18 heavy (non-hydrogen) atoms. The number of carbonyl (C=O) groups is 2. The molecule has 3 nitrogen and oxygen atoms in total. The lowest BCUT2D eigenvalue weighted by atomic mass is 9.97. The minimum Gasteiger partial charge on any atom is -0.469 e. The predicted molar refractivity (Wildman–Crippen MR) is 61.1 cm³/mol. The van der Waals surface area contributed by atoms with Crippen molar-refractivity contribution in [2.24, 2.45) is 5.92 Å². The van der Waals surface area contributed by atoms with Gasteiger partial charge in [-0.2, -0.15) is 0 Å². The summed E-state index contributed by atoms with van der Waals surface area (Å²) in [4.78, 5) is 22.7. The second-order valence-electron chi connectivity index (χ2n) is 4.17. The molecule has 0 saturated carbocycles. The maximum absolute atomic E-state index is 12.9. The van der Waals surface area contributed by atoms with Crippen LogP contribution in [0.3, 0.4) is 0 Å². The minimum absolute atomic E-state index is 0.0239. The molecule has 0 spiro atoms. The van der Waals surface area contributed by atoms with E-state index in [2.05, 4.69) is 4.74 Å². The van der Waals surface area contributed by atoms with E-state index in [-0.39, 0.29) is 24.3 Å². The standard InChI is InChI=1S/C13H14F2O3/c1-8(4-13(17)18-2)3-12(16)9-5-10(14)7-11(15)6-9/h5-8H,3-4H2,1-2H3/t8-/m1/s1. The molecule has 0 aliphatic heterocycles. The fourth-order valence-corrected chi connectivity index (χ4v) is 1.59. The lowest BCUT2D eigenvalue weighted by Gasteiger charge is -2.09. The number of ether oxygens (including phenoxy) is 1. The summed E-state index contributed by atoms with van der Waals surface area (Å²) < 4.78 is 30.3. The molecular formula is C13H14F2O3. The molecule has 1 aromatic carbocycles. The van der Waals surface area contributed by atoms with Crippen molar-refractivity contribution in [3.8, 4) is 0 Å². The monoisotopic (exact) mass is 256 g/mol. The summed E-state index contributed by atoms with van der Waals surface area (Å²) in [6, 6.07) is 2.67. The molecule has 0 N–H and O–H groups in total. The highest BCUT2D eigenvalue weighted by Gasteiger charge is 2.16. The number of hydrogen-bond donors (Lipinski definition) is 0. The number of carbonyl (C=O) groups excluding carboxylic acids is 2. The van der Waals surface area contributed by atoms with Crippen molar-refractivity contribution in [1.29, 1.82) is 0 Å². The summed E-state index contributed by atoms with van der Waals surface area (Å²) in [5.74, 6) is -2.64. The third-order valence-corrected chi connectivity index (χ3v) is 2.46. The van der Waals surface area contributed by atoms with E-state index in [4.69, 9.17) is 0 Å².